The zero-order chi connectivity index (χ0) is 19.6. The minimum Gasteiger partial charge on any atom is -0.465 e. The van der Waals surface area contributed by atoms with Gasteiger partial charge in [-0.2, -0.15) is 0 Å². The average Bonchev–Trinajstić information content (AvgIpc) is 3.08. The average molecular weight is 403 g/mol. The second-order valence-corrected chi connectivity index (χ2v) is 7.24. The number of thiophene rings is 1. The summed E-state index contributed by atoms with van der Waals surface area (Å²) in [7, 11) is 1.26. The van der Waals surface area contributed by atoms with Gasteiger partial charge in [-0.25, -0.2) is 4.79 Å². The van der Waals surface area contributed by atoms with E-state index >= 15 is 0 Å². The lowest BCUT2D eigenvalue weighted by Gasteiger charge is -2.10. The number of fused-ring (bicyclic) bond motifs is 1. The number of esters is 1. The number of aromatic nitrogens is 2. The van der Waals surface area contributed by atoms with Gasteiger partial charge in [-0.05, 0) is 36.8 Å². The summed E-state index contributed by atoms with van der Waals surface area (Å²) < 4.78 is 6.09. The van der Waals surface area contributed by atoms with Crippen molar-refractivity contribution >= 4 is 51.3 Å². The van der Waals surface area contributed by atoms with Crippen LogP contribution < -0.4 is 10.9 Å². The first-order chi connectivity index (χ1) is 12.9. The van der Waals surface area contributed by atoms with E-state index in [1.807, 2.05) is 13.0 Å². The van der Waals surface area contributed by atoms with E-state index in [2.05, 4.69) is 10.3 Å². The van der Waals surface area contributed by atoms with Gasteiger partial charge >= 0.3 is 5.97 Å². The molecule has 0 atom stereocenters. The molecule has 0 aliphatic carbocycles. The van der Waals surface area contributed by atoms with Crippen LogP contribution in [0.1, 0.15) is 22.2 Å². The molecule has 0 aliphatic heterocycles. The van der Waals surface area contributed by atoms with Crippen LogP contribution in [-0.2, 0) is 22.5 Å². The Hall–Kier alpha value is -2.78. The van der Waals surface area contributed by atoms with Crippen molar-refractivity contribution in [2.24, 2.45) is 0 Å². The smallest absolute Gasteiger partial charge is 0.339 e. The third-order valence-corrected chi connectivity index (χ3v) is 5.50. The zero-order valence-corrected chi connectivity index (χ0v) is 16.3. The summed E-state index contributed by atoms with van der Waals surface area (Å²) in [5.74, 6) is -1.04. The molecule has 9 heteroatoms. The molecule has 2 heterocycles. The van der Waals surface area contributed by atoms with E-state index in [9.17, 15) is 14.4 Å². The molecule has 1 aromatic carbocycles. The van der Waals surface area contributed by atoms with Crippen LogP contribution in [0.3, 0.4) is 0 Å². The zero-order valence-electron chi connectivity index (χ0n) is 14.7. The van der Waals surface area contributed by atoms with Crippen LogP contribution in [0.25, 0.3) is 10.2 Å². The number of carbonyl (C=O) groups excluding carboxylic acids is 2. The molecule has 140 valence electrons. The van der Waals surface area contributed by atoms with Crippen molar-refractivity contribution in [1.29, 1.82) is 0 Å². The quantitative estimate of drug-likeness (QED) is 0.504. The molecule has 0 unspecified atom stereocenters. The number of amides is 1. The number of para-hydroxylation sites is 1. The summed E-state index contributed by atoms with van der Waals surface area (Å²) in [6.07, 6.45) is 0.810. The molecule has 0 bridgehead atoms. The van der Waals surface area contributed by atoms with Gasteiger partial charge < -0.3 is 15.0 Å². The van der Waals surface area contributed by atoms with Crippen LogP contribution in [0, 0.1) is 4.77 Å². The van der Waals surface area contributed by atoms with E-state index in [1.165, 1.54) is 23.0 Å². The van der Waals surface area contributed by atoms with E-state index in [0.717, 1.165) is 11.3 Å². The number of rotatable bonds is 5. The molecule has 3 aromatic rings. The predicted molar refractivity (Wildman–Crippen MR) is 107 cm³/mol. The highest BCUT2D eigenvalue weighted by molar-refractivity contribution is 7.71. The maximum absolute atomic E-state index is 12.7. The van der Waals surface area contributed by atoms with Crippen molar-refractivity contribution in [2.75, 3.05) is 12.4 Å². The predicted octanol–water partition coefficient (Wildman–Crippen LogP) is 3.11. The molecule has 0 fully saturated rings. The van der Waals surface area contributed by atoms with Gasteiger partial charge in [0.05, 0.1) is 23.7 Å². The van der Waals surface area contributed by atoms with Crippen molar-refractivity contribution in [3.05, 3.63) is 55.9 Å². The van der Waals surface area contributed by atoms with E-state index in [0.29, 0.717) is 15.9 Å². The van der Waals surface area contributed by atoms with Crippen LogP contribution in [0.2, 0.25) is 0 Å². The van der Waals surface area contributed by atoms with E-state index in [4.69, 9.17) is 17.0 Å². The van der Waals surface area contributed by atoms with Crippen molar-refractivity contribution in [3.8, 4) is 0 Å². The second-order valence-electron chi connectivity index (χ2n) is 5.72. The normalized spacial score (nSPS) is 10.7. The molecule has 0 spiro atoms. The number of methoxy groups -OCH3 is 1. The molecule has 0 saturated carbocycles. The summed E-state index contributed by atoms with van der Waals surface area (Å²) in [6.45, 7) is 1.74. The van der Waals surface area contributed by atoms with Gasteiger partial charge in [0.25, 0.3) is 5.56 Å². The Bertz CT molecular complexity index is 1140. The number of aryl methyl sites for hydroxylation is 1. The Morgan fingerprint density at radius 3 is 2.78 bits per heavy atom. The van der Waals surface area contributed by atoms with Gasteiger partial charge in [0.15, 0.2) is 4.77 Å². The largest absolute Gasteiger partial charge is 0.465 e. The van der Waals surface area contributed by atoms with Gasteiger partial charge in [-0.1, -0.05) is 19.1 Å². The van der Waals surface area contributed by atoms with Gasteiger partial charge in [0, 0.05) is 4.88 Å². The lowest BCUT2D eigenvalue weighted by atomic mass is 10.2. The van der Waals surface area contributed by atoms with Crippen LogP contribution in [0.5, 0.6) is 0 Å². The Morgan fingerprint density at radius 2 is 2.07 bits per heavy atom. The SMILES string of the molecule is CCc1cc2c(=O)n(CC(=O)Nc3ccccc3C(=O)OC)c(=S)[nH]c2s1. The number of ether oxygens (including phenoxy) is 1. The van der Waals surface area contributed by atoms with Crippen LogP contribution in [-0.4, -0.2) is 28.5 Å². The molecular weight excluding hydrogens is 386 g/mol. The lowest BCUT2D eigenvalue weighted by molar-refractivity contribution is -0.116. The molecule has 0 aliphatic rings. The Morgan fingerprint density at radius 1 is 1.33 bits per heavy atom. The molecule has 3 rings (SSSR count). The van der Waals surface area contributed by atoms with Crippen molar-refractivity contribution < 1.29 is 14.3 Å². The number of carbonyl (C=O) groups is 2. The number of hydrogen-bond acceptors (Lipinski definition) is 6. The molecule has 2 aromatic heterocycles. The van der Waals surface area contributed by atoms with Crippen molar-refractivity contribution in [3.63, 3.8) is 0 Å². The van der Waals surface area contributed by atoms with E-state index in [1.54, 1.807) is 24.3 Å². The topological polar surface area (TPSA) is 93.2 Å². The van der Waals surface area contributed by atoms with Gasteiger partial charge in [0.2, 0.25) is 5.91 Å². The lowest BCUT2D eigenvalue weighted by Crippen LogP contribution is -2.29. The highest BCUT2D eigenvalue weighted by atomic mass is 32.1. The third-order valence-electron chi connectivity index (χ3n) is 3.98. The molecule has 0 radical (unpaired) electrons. The first kappa shape index (κ1) is 19.0. The second kappa shape index (κ2) is 7.85. The fraction of sp³-hybridized carbons (Fsp3) is 0.222. The molecule has 0 saturated heterocycles. The fourth-order valence-corrected chi connectivity index (χ4v) is 3.93. The summed E-state index contributed by atoms with van der Waals surface area (Å²) in [5.41, 5.74) is 0.218. The van der Waals surface area contributed by atoms with E-state index in [-0.39, 0.29) is 22.4 Å². The number of hydrogen-bond donors (Lipinski definition) is 2. The Balaban J connectivity index is 1.90. The Labute approximate surface area is 163 Å². The van der Waals surface area contributed by atoms with Crippen molar-refractivity contribution in [1.82, 2.24) is 9.55 Å². The monoisotopic (exact) mass is 403 g/mol. The Kier molecular flexibility index (Phi) is 5.52. The number of nitrogens with one attached hydrogen (secondary N) is 2. The van der Waals surface area contributed by atoms with Crippen molar-refractivity contribution in [2.45, 2.75) is 19.9 Å². The highest BCUT2D eigenvalue weighted by Gasteiger charge is 2.15. The summed E-state index contributed by atoms with van der Waals surface area (Å²) in [5, 5.41) is 3.14. The number of aromatic amines is 1. The summed E-state index contributed by atoms with van der Waals surface area (Å²) in [4.78, 5) is 41.8. The maximum Gasteiger partial charge on any atom is 0.339 e. The third kappa shape index (κ3) is 3.83. The van der Waals surface area contributed by atoms with E-state index < -0.39 is 11.9 Å². The number of nitrogens with zero attached hydrogens (tertiary/aromatic N) is 1. The minimum absolute atomic E-state index is 0.174. The maximum atomic E-state index is 12.7. The van der Waals surface area contributed by atoms with Gasteiger partial charge in [0.1, 0.15) is 11.4 Å². The fourth-order valence-electron chi connectivity index (χ4n) is 2.63. The van der Waals surface area contributed by atoms with Gasteiger partial charge in [-0.3, -0.25) is 14.2 Å². The van der Waals surface area contributed by atoms with Crippen LogP contribution in [0.15, 0.2) is 35.1 Å². The molecule has 1 amide bonds. The molecule has 27 heavy (non-hydrogen) atoms. The molecule has 7 nitrogen and oxygen atoms in total. The number of benzene rings is 1. The summed E-state index contributed by atoms with van der Waals surface area (Å²) in [6, 6.07) is 8.30. The first-order valence-electron chi connectivity index (χ1n) is 8.17. The van der Waals surface area contributed by atoms with Crippen LogP contribution >= 0.6 is 23.6 Å². The first-order valence-corrected chi connectivity index (χ1v) is 9.39. The van der Waals surface area contributed by atoms with Crippen LogP contribution in [0.4, 0.5) is 5.69 Å². The molecular formula is C18H17N3O4S2. The minimum atomic E-state index is -0.563. The number of anilines is 1. The highest BCUT2D eigenvalue weighted by Crippen LogP contribution is 2.21. The standard InChI is InChI=1S/C18H17N3O4S2/c1-3-10-8-12-15(27-10)20-18(26)21(16(12)23)9-14(22)19-13-7-5-4-6-11(13)17(24)25-2/h4-8H,3,9H2,1-2H3,(H,19,22)(H,20,26). The molecule has 2 N–H and O–H groups in total. The summed E-state index contributed by atoms with van der Waals surface area (Å²) >= 11 is 6.72. The van der Waals surface area contributed by atoms with Gasteiger partial charge in [-0.15, -0.1) is 11.3 Å². The number of H-pyrrole nitrogens is 1.